The Kier molecular flexibility index (Phi) is 3.01. The van der Waals surface area contributed by atoms with E-state index in [9.17, 15) is 4.79 Å². The Bertz CT molecular complexity index is 506. The number of aryl methyl sites for hydroxylation is 2. The van der Waals surface area contributed by atoms with Crippen LogP contribution >= 0.6 is 11.3 Å². The molecule has 0 bridgehead atoms. The maximum Gasteiger partial charge on any atom is 0.267 e. The van der Waals surface area contributed by atoms with E-state index in [0.717, 1.165) is 5.69 Å². The summed E-state index contributed by atoms with van der Waals surface area (Å²) in [5, 5.41) is 2.84. The Morgan fingerprint density at radius 2 is 2.12 bits per heavy atom. The van der Waals surface area contributed by atoms with Crippen molar-refractivity contribution in [3.8, 4) is 0 Å². The standard InChI is InChI=1S/C12H12N2OS/c1-8-3-4-10(5-9(8)2)14-12(15)11-6-13-7-16-11/h3-7H,1-2H3,(H,14,15). The van der Waals surface area contributed by atoms with Crippen LogP contribution in [0, 0.1) is 13.8 Å². The lowest BCUT2D eigenvalue weighted by molar-refractivity contribution is 0.103. The molecule has 0 saturated carbocycles. The number of nitrogens with zero attached hydrogens (tertiary/aromatic N) is 1. The van der Waals surface area contributed by atoms with Gasteiger partial charge >= 0.3 is 0 Å². The molecule has 2 rings (SSSR count). The van der Waals surface area contributed by atoms with E-state index < -0.39 is 0 Å². The number of amides is 1. The molecule has 0 spiro atoms. The number of benzene rings is 1. The van der Waals surface area contributed by atoms with Crippen LogP contribution in [0.4, 0.5) is 5.69 Å². The van der Waals surface area contributed by atoms with Crippen molar-refractivity contribution in [2.45, 2.75) is 13.8 Å². The third kappa shape index (κ3) is 2.28. The van der Waals surface area contributed by atoms with Gasteiger partial charge in [-0.1, -0.05) is 6.07 Å². The zero-order valence-electron chi connectivity index (χ0n) is 9.15. The average Bonchev–Trinajstić information content (AvgIpc) is 2.77. The first-order valence-electron chi connectivity index (χ1n) is 4.94. The van der Waals surface area contributed by atoms with Crippen LogP contribution in [0.25, 0.3) is 0 Å². The molecule has 16 heavy (non-hydrogen) atoms. The number of rotatable bonds is 2. The van der Waals surface area contributed by atoms with Crippen molar-refractivity contribution in [2.75, 3.05) is 5.32 Å². The molecule has 1 aromatic heterocycles. The van der Waals surface area contributed by atoms with Gasteiger partial charge in [0.1, 0.15) is 4.88 Å². The summed E-state index contributed by atoms with van der Waals surface area (Å²) in [4.78, 5) is 16.2. The van der Waals surface area contributed by atoms with Gasteiger partial charge in [0.05, 0.1) is 11.7 Å². The lowest BCUT2D eigenvalue weighted by atomic mass is 10.1. The first kappa shape index (κ1) is 10.8. The van der Waals surface area contributed by atoms with E-state index in [0.29, 0.717) is 4.88 Å². The first-order chi connectivity index (χ1) is 7.66. The summed E-state index contributed by atoms with van der Waals surface area (Å²) in [6.45, 7) is 4.07. The van der Waals surface area contributed by atoms with E-state index in [4.69, 9.17) is 0 Å². The van der Waals surface area contributed by atoms with Crippen molar-refractivity contribution in [2.24, 2.45) is 0 Å². The lowest BCUT2D eigenvalue weighted by Crippen LogP contribution is -2.10. The number of hydrogen-bond donors (Lipinski definition) is 1. The van der Waals surface area contributed by atoms with Crippen LogP contribution in [-0.2, 0) is 0 Å². The third-order valence-corrected chi connectivity index (χ3v) is 3.19. The zero-order chi connectivity index (χ0) is 11.5. The topological polar surface area (TPSA) is 42.0 Å². The molecule has 0 aliphatic rings. The highest BCUT2D eigenvalue weighted by molar-refractivity contribution is 7.11. The zero-order valence-corrected chi connectivity index (χ0v) is 9.97. The predicted molar refractivity (Wildman–Crippen MR) is 66.0 cm³/mol. The molecule has 1 amide bonds. The Morgan fingerprint density at radius 3 is 2.75 bits per heavy atom. The van der Waals surface area contributed by atoms with Crippen molar-refractivity contribution < 1.29 is 4.79 Å². The minimum absolute atomic E-state index is 0.106. The summed E-state index contributed by atoms with van der Waals surface area (Å²) >= 11 is 1.33. The number of aromatic nitrogens is 1. The monoisotopic (exact) mass is 232 g/mol. The van der Waals surface area contributed by atoms with Crippen LogP contribution in [-0.4, -0.2) is 10.9 Å². The number of nitrogens with one attached hydrogen (secondary N) is 1. The normalized spacial score (nSPS) is 10.1. The number of anilines is 1. The molecule has 82 valence electrons. The summed E-state index contributed by atoms with van der Waals surface area (Å²) < 4.78 is 0. The van der Waals surface area contributed by atoms with E-state index in [2.05, 4.69) is 10.3 Å². The van der Waals surface area contributed by atoms with Crippen molar-refractivity contribution in [3.63, 3.8) is 0 Å². The second-order valence-corrected chi connectivity index (χ2v) is 4.51. The Balaban J connectivity index is 2.15. The van der Waals surface area contributed by atoms with Crippen molar-refractivity contribution in [1.29, 1.82) is 0 Å². The number of thiazole rings is 1. The maximum absolute atomic E-state index is 11.7. The van der Waals surface area contributed by atoms with E-state index in [1.165, 1.54) is 22.5 Å². The summed E-state index contributed by atoms with van der Waals surface area (Å²) in [7, 11) is 0. The van der Waals surface area contributed by atoms with E-state index in [1.807, 2.05) is 32.0 Å². The quantitative estimate of drug-likeness (QED) is 0.864. The van der Waals surface area contributed by atoms with E-state index in [1.54, 1.807) is 11.7 Å². The van der Waals surface area contributed by atoms with Crippen LogP contribution in [0.3, 0.4) is 0 Å². The fourth-order valence-corrected chi connectivity index (χ4v) is 1.85. The van der Waals surface area contributed by atoms with Crippen LogP contribution in [0.5, 0.6) is 0 Å². The van der Waals surface area contributed by atoms with Gasteiger partial charge in [0.25, 0.3) is 5.91 Å². The number of carbonyl (C=O) groups is 1. The van der Waals surface area contributed by atoms with Gasteiger partial charge in [0.15, 0.2) is 0 Å². The van der Waals surface area contributed by atoms with Gasteiger partial charge in [-0.2, -0.15) is 0 Å². The molecule has 2 aromatic rings. The fourth-order valence-electron chi connectivity index (χ4n) is 1.34. The van der Waals surface area contributed by atoms with Crippen LogP contribution in [0.1, 0.15) is 20.8 Å². The van der Waals surface area contributed by atoms with Crippen molar-refractivity contribution in [3.05, 3.63) is 45.9 Å². The molecule has 0 saturated heterocycles. The minimum Gasteiger partial charge on any atom is -0.321 e. The Morgan fingerprint density at radius 1 is 1.31 bits per heavy atom. The van der Waals surface area contributed by atoms with Gasteiger partial charge in [-0.15, -0.1) is 11.3 Å². The molecule has 0 fully saturated rings. The molecule has 0 unspecified atom stereocenters. The predicted octanol–water partition coefficient (Wildman–Crippen LogP) is 3.01. The van der Waals surface area contributed by atoms with Crippen molar-refractivity contribution in [1.82, 2.24) is 4.98 Å². The molecular formula is C12H12N2OS. The fraction of sp³-hybridized carbons (Fsp3) is 0.167. The largest absolute Gasteiger partial charge is 0.321 e. The molecule has 1 N–H and O–H groups in total. The second kappa shape index (κ2) is 4.45. The van der Waals surface area contributed by atoms with Gasteiger partial charge in [-0.3, -0.25) is 9.78 Å². The molecule has 4 heteroatoms. The maximum atomic E-state index is 11.7. The van der Waals surface area contributed by atoms with Crippen LogP contribution in [0.15, 0.2) is 29.9 Å². The molecule has 0 aliphatic carbocycles. The van der Waals surface area contributed by atoms with Crippen molar-refractivity contribution >= 4 is 22.9 Å². The van der Waals surface area contributed by atoms with Crippen LogP contribution in [0.2, 0.25) is 0 Å². The first-order valence-corrected chi connectivity index (χ1v) is 5.82. The van der Waals surface area contributed by atoms with Gasteiger partial charge in [0, 0.05) is 5.69 Å². The minimum atomic E-state index is -0.106. The number of carbonyl (C=O) groups excluding carboxylic acids is 1. The van der Waals surface area contributed by atoms with E-state index >= 15 is 0 Å². The Hall–Kier alpha value is -1.68. The summed E-state index contributed by atoms with van der Waals surface area (Å²) in [6, 6.07) is 5.87. The lowest BCUT2D eigenvalue weighted by Gasteiger charge is -2.06. The molecule has 0 radical (unpaired) electrons. The highest BCUT2D eigenvalue weighted by Gasteiger charge is 2.07. The molecule has 1 aromatic carbocycles. The summed E-state index contributed by atoms with van der Waals surface area (Å²) in [6.07, 6.45) is 1.57. The third-order valence-electron chi connectivity index (χ3n) is 2.42. The summed E-state index contributed by atoms with van der Waals surface area (Å²) in [5.41, 5.74) is 4.86. The average molecular weight is 232 g/mol. The van der Waals surface area contributed by atoms with E-state index in [-0.39, 0.29) is 5.91 Å². The molecular weight excluding hydrogens is 220 g/mol. The van der Waals surface area contributed by atoms with Gasteiger partial charge < -0.3 is 5.32 Å². The Labute approximate surface area is 98.2 Å². The van der Waals surface area contributed by atoms with Gasteiger partial charge in [-0.25, -0.2) is 0 Å². The highest BCUT2D eigenvalue weighted by atomic mass is 32.1. The summed E-state index contributed by atoms with van der Waals surface area (Å²) in [5.74, 6) is -0.106. The number of hydrogen-bond acceptors (Lipinski definition) is 3. The SMILES string of the molecule is Cc1ccc(NC(=O)c2cncs2)cc1C. The van der Waals surface area contributed by atoms with Gasteiger partial charge in [-0.05, 0) is 37.1 Å². The highest BCUT2D eigenvalue weighted by Crippen LogP contribution is 2.16. The second-order valence-electron chi connectivity index (χ2n) is 3.62. The molecule has 0 aliphatic heterocycles. The molecule has 3 nitrogen and oxygen atoms in total. The molecule has 1 heterocycles. The van der Waals surface area contributed by atoms with Gasteiger partial charge in [0.2, 0.25) is 0 Å². The molecule has 0 atom stereocenters. The van der Waals surface area contributed by atoms with Crippen LogP contribution < -0.4 is 5.32 Å². The smallest absolute Gasteiger partial charge is 0.267 e.